The Morgan fingerprint density at radius 1 is 1.12 bits per heavy atom. The number of para-hydroxylation sites is 1. The summed E-state index contributed by atoms with van der Waals surface area (Å²) in [6.45, 7) is 0.397. The molecule has 0 aliphatic carbocycles. The molecule has 0 saturated heterocycles. The number of nitrogens with one attached hydrogen (secondary N) is 1. The first-order chi connectivity index (χ1) is 12.7. The molecule has 1 aromatic heterocycles. The highest BCUT2D eigenvalue weighted by atomic mass is 16.3. The van der Waals surface area contributed by atoms with Crippen molar-refractivity contribution in [1.29, 1.82) is 5.26 Å². The van der Waals surface area contributed by atoms with Crippen LogP contribution in [0.25, 0.3) is 17.0 Å². The van der Waals surface area contributed by atoms with Crippen LogP contribution in [0.3, 0.4) is 0 Å². The average molecular weight is 344 g/mol. The molecule has 0 bridgehead atoms. The lowest BCUT2D eigenvalue weighted by Gasteiger charge is -2.04. The lowest BCUT2D eigenvalue weighted by Crippen LogP contribution is -2.26. The van der Waals surface area contributed by atoms with E-state index in [1.165, 1.54) is 12.3 Å². The molecule has 3 aromatic rings. The van der Waals surface area contributed by atoms with E-state index in [9.17, 15) is 14.9 Å². The molecule has 0 saturated carbocycles. The number of rotatable bonds is 5. The molecule has 1 heterocycles. The molecule has 1 amide bonds. The number of carbonyl (C=O) groups is 1. The quantitative estimate of drug-likeness (QED) is 0.569. The molecule has 26 heavy (non-hydrogen) atoms. The van der Waals surface area contributed by atoms with Gasteiger partial charge >= 0.3 is 0 Å². The molecular formula is C21H16N2O3. The Balaban J connectivity index is 1.75. The SMILES string of the molecule is N#C/C(=C\c1coc2ccccc2c1=O)C(=O)NCCc1ccccc1. The van der Waals surface area contributed by atoms with E-state index < -0.39 is 5.91 Å². The molecule has 0 aliphatic heterocycles. The molecule has 5 heteroatoms. The largest absolute Gasteiger partial charge is 0.463 e. The molecule has 0 spiro atoms. The summed E-state index contributed by atoms with van der Waals surface area (Å²) < 4.78 is 5.40. The van der Waals surface area contributed by atoms with Crippen molar-refractivity contribution in [3.8, 4) is 6.07 Å². The van der Waals surface area contributed by atoms with Crippen LogP contribution in [0.2, 0.25) is 0 Å². The number of nitrogens with zero attached hydrogens (tertiary/aromatic N) is 1. The monoisotopic (exact) mass is 344 g/mol. The fraction of sp³-hybridized carbons (Fsp3) is 0.0952. The van der Waals surface area contributed by atoms with E-state index in [4.69, 9.17) is 4.42 Å². The Morgan fingerprint density at radius 3 is 2.62 bits per heavy atom. The van der Waals surface area contributed by atoms with Gasteiger partial charge in [-0.15, -0.1) is 0 Å². The van der Waals surface area contributed by atoms with Gasteiger partial charge in [0.1, 0.15) is 23.5 Å². The number of fused-ring (bicyclic) bond motifs is 1. The van der Waals surface area contributed by atoms with Gasteiger partial charge < -0.3 is 9.73 Å². The van der Waals surface area contributed by atoms with E-state index in [0.717, 1.165) is 5.56 Å². The van der Waals surface area contributed by atoms with Crippen LogP contribution < -0.4 is 10.7 Å². The second kappa shape index (κ2) is 7.95. The van der Waals surface area contributed by atoms with E-state index >= 15 is 0 Å². The summed E-state index contributed by atoms with van der Waals surface area (Å²) >= 11 is 0. The third kappa shape index (κ3) is 3.87. The molecule has 0 aliphatic rings. The Kier molecular flexibility index (Phi) is 5.25. The second-order valence-corrected chi connectivity index (χ2v) is 5.68. The van der Waals surface area contributed by atoms with Gasteiger partial charge in [-0.25, -0.2) is 0 Å². The fourth-order valence-electron chi connectivity index (χ4n) is 2.56. The van der Waals surface area contributed by atoms with E-state index in [0.29, 0.717) is 23.9 Å². The number of amides is 1. The molecule has 3 rings (SSSR count). The molecule has 0 radical (unpaired) electrons. The van der Waals surface area contributed by atoms with Crippen LogP contribution in [0.1, 0.15) is 11.1 Å². The summed E-state index contributed by atoms with van der Waals surface area (Å²) in [4.78, 5) is 24.7. The van der Waals surface area contributed by atoms with Gasteiger partial charge in [-0.2, -0.15) is 5.26 Å². The normalized spacial score (nSPS) is 11.1. The smallest absolute Gasteiger partial charge is 0.261 e. The van der Waals surface area contributed by atoms with Crippen molar-refractivity contribution in [2.45, 2.75) is 6.42 Å². The standard InChI is InChI=1S/C21H16N2O3/c22-13-16(21(25)23-11-10-15-6-2-1-3-7-15)12-17-14-26-19-9-5-4-8-18(19)20(17)24/h1-9,12,14H,10-11H2,(H,23,25)/b16-12+. The van der Waals surface area contributed by atoms with Gasteiger partial charge in [-0.1, -0.05) is 42.5 Å². The number of benzene rings is 2. The third-order valence-corrected chi connectivity index (χ3v) is 3.91. The predicted molar refractivity (Wildman–Crippen MR) is 99.2 cm³/mol. The lowest BCUT2D eigenvalue weighted by atomic mass is 10.1. The highest BCUT2D eigenvalue weighted by molar-refractivity contribution is 6.01. The molecular weight excluding hydrogens is 328 g/mol. The highest BCUT2D eigenvalue weighted by Crippen LogP contribution is 2.12. The van der Waals surface area contributed by atoms with E-state index in [2.05, 4.69) is 5.32 Å². The van der Waals surface area contributed by atoms with Gasteiger partial charge in [0.15, 0.2) is 5.43 Å². The predicted octanol–water partition coefficient (Wildman–Crippen LogP) is 3.06. The zero-order valence-corrected chi connectivity index (χ0v) is 13.9. The van der Waals surface area contributed by atoms with Crippen LogP contribution >= 0.6 is 0 Å². The Hall–Kier alpha value is -3.65. The Morgan fingerprint density at radius 2 is 1.85 bits per heavy atom. The molecule has 1 N–H and O–H groups in total. The van der Waals surface area contributed by atoms with Crippen LogP contribution in [0.15, 0.2) is 75.6 Å². The van der Waals surface area contributed by atoms with E-state index in [1.807, 2.05) is 36.4 Å². The maximum atomic E-state index is 12.5. The molecule has 0 fully saturated rings. The molecule has 0 unspecified atom stereocenters. The summed E-state index contributed by atoms with van der Waals surface area (Å²) in [6, 6.07) is 18.4. The van der Waals surface area contributed by atoms with Gasteiger partial charge in [0.2, 0.25) is 0 Å². The minimum absolute atomic E-state index is 0.138. The Labute approximate surface area is 150 Å². The zero-order valence-electron chi connectivity index (χ0n) is 13.9. The van der Waals surface area contributed by atoms with Crippen molar-refractivity contribution < 1.29 is 9.21 Å². The summed E-state index contributed by atoms with van der Waals surface area (Å²) in [5, 5.41) is 12.4. The first kappa shape index (κ1) is 17.2. The fourth-order valence-corrected chi connectivity index (χ4v) is 2.56. The van der Waals surface area contributed by atoms with Crippen molar-refractivity contribution in [2.75, 3.05) is 6.54 Å². The number of hydrogen-bond donors (Lipinski definition) is 1. The van der Waals surface area contributed by atoms with Crippen LogP contribution in [-0.4, -0.2) is 12.5 Å². The van der Waals surface area contributed by atoms with Crippen LogP contribution in [0.4, 0.5) is 0 Å². The summed E-state index contributed by atoms with van der Waals surface area (Å²) in [6.07, 6.45) is 3.18. The topological polar surface area (TPSA) is 83.1 Å². The Bertz CT molecular complexity index is 1060. The van der Waals surface area contributed by atoms with Crippen molar-refractivity contribution in [2.24, 2.45) is 0 Å². The minimum atomic E-state index is -0.518. The number of nitriles is 1. The van der Waals surface area contributed by atoms with Gasteiger partial charge in [0.05, 0.1) is 10.9 Å². The first-order valence-corrected chi connectivity index (χ1v) is 8.13. The molecule has 2 aromatic carbocycles. The first-order valence-electron chi connectivity index (χ1n) is 8.13. The minimum Gasteiger partial charge on any atom is -0.463 e. The van der Waals surface area contributed by atoms with Crippen LogP contribution in [0.5, 0.6) is 0 Å². The van der Waals surface area contributed by atoms with Crippen molar-refractivity contribution in [3.63, 3.8) is 0 Å². The van der Waals surface area contributed by atoms with Gasteiger partial charge in [-0.05, 0) is 30.2 Å². The second-order valence-electron chi connectivity index (χ2n) is 5.68. The van der Waals surface area contributed by atoms with Crippen LogP contribution in [-0.2, 0) is 11.2 Å². The highest BCUT2D eigenvalue weighted by Gasteiger charge is 2.11. The zero-order chi connectivity index (χ0) is 18.4. The van der Waals surface area contributed by atoms with Gasteiger partial charge in [-0.3, -0.25) is 9.59 Å². The third-order valence-electron chi connectivity index (χ3n) is 3.91. The van der Waals surface area contributed by atoms with Crippen LogP contribution in [0, 0.1) is 11.3 Å². The summed E-state index contributed by atoms with van der Waals surface area (Å²) in [7, 11) is 0. The lowest BCUT2D eigenvalue weighted by molar-refractivity contribution is -0.117. The maximum absolute atomic E-state index is 12.5. The average Bonchev–Trinajstić information content (AvgIpc) is 2.68. The summed E-state index contributed by atoms with van der Waals surface area (Å²) in [5.41, 5.74) is 1.29. The summed E-state index contributed by atoms with van der Waals surface area (Å²) in [5.74, 6) is -0.518. The molecule has 128 valence electrons. The number of carbonyl (C=O) groups excluding carboxylic acids is 1. The van der Waals surface area contributed by atoms with Gasteiger partial charge in [0.25, 0.3) is 5.91 Å². The van der Waals surface area contributed by atoms with Crippen molar-refractivity contribution in [1.82, 2.24) is 5.32 Å². The van der Waals surface area contributed by atoms with E-state index in [-0.39, 0.29) is 16.6 Å². The molecule has 0 atom stereocenters. The van der Waals surface area contributed by atoms with Crippen molar-refractivity contribution in [3.05, 3.63) is 87.8 Å². The maximum Gasteiger partial charge on any atom is 0.261 e. The molecule has 5 nitrogen and oxygen atoms in total. The van der Waals surface area contributed by atoms with Crippen molar-refractivity contribution >= 4 is 23.0 Å². The van der Waals surface area contributed by atoms with Gasteiger partial charge in [0, 0.05) is 6.54 Å². The van der Waals surface area contributed by atoms with E-state index in [1.54, 1.807) is 24.3 Å². The number of hydrogen-bond acceptors (Lipinski definition) is 4.